The first-order chi connectivity index (χ1) is 8.03. The summed E-state index contributed by atoms with van der Waals surface area (Å²) >= 11 is 0. The minimum atomic E-state index is -0.613. The molecule has 0 unspecified atom stereocenters. The second-order valence-electron chi connectivity index (χ2n) is 5.36. The highest BCUT2D eigenvalue weighted by atomic mass is 16.1. The summed E-state index contributed by atoms with van der Waals surface area (Å²) in [6.07, 6.45) is 5.03. The van der Waals surface area contributed by atoms with E-state index in [2.05, 4.69) is 6.07 Å². The summed E-state index contributed by atoms with van der Waals surface area (Å²) in [7, 11) is 0. The molecule has 1 aromatic carbocycles. The Morgan fingerprint density at radius 2 is 1.82 bits per heavy atom. The van der Waals surface area contributed by atoms with Crippen molar-refractivity contribution in [2.75, 3.05) is 0 Å². The maximum atomic E-state index is 12.5. The number of benzene rings is 1. The minimum absolute atomic E-state index is 0.134. The van der Waals surface area contributed by atoms with Crippen molar-refractivity contribution in [3.8, 4) is 0 Å². The van der Waals surface area contributed by atoms with Crippen LogP contribution in [0.4, 0.5) is 0 Å². The lowest BCUT2D eigenvalue weighted by Crippen LogP contribution is -2.49. The second kappa shape index (κ2) is 4.61. The van der Waals surface area contributed by atoms with Crippen molar-refractivity contribution < 1.29 is 4.79 Å². The highest BCUT2D eigenvalue weighted by Gasteiger charge is 2.36. The number of aryl methyl sites for hydroxylation is 2. The van der Waals surface area contributed by atoms with E-state index in [0.717, 1.165) is 36.8 Å². The van der Waals surface area contributed by atoms with E-state index in [4.69, 9.17) is 5.73 Å². The Kier molecular flexibility index (Phi) is 3.34. The maximum Gasteiger partial charge on any atom is 0.182 e. The number of carbonyl (C=O) groups excluding carboxylic acids is 1. The van der Waals surface area contributed by atoms with Crippen LogP contribution >= 0.6 is 0 Å². The molecule has 0 spiro atoms. The van der Waals surface area contributed by atoms with Crippen molar-refractivity contribution >= 4 is 5.78 Å². The third-order valence-electron chi connectivity index (χ3n) is 3.82. The number of ketones is 1. The average Bonchev–Trinajstić information content (AvgIpc) is 2.29. The summed E-state index contributed by atoms with van der Waals surface area (Å²) < 4.78 is 0. The predicted octanol–water partition coefficient (Wildman–Crippen LogP) is 3.15. The van der Waals surface area contributed by atoms with Gasteiger partial charge in [0.1, 0.15) is 0 Å². The third-order valence-corrected chi connectivity index (χ3v) is 3.82. The number of rotatable bonds is 2. The summed E-state index contributed by atoms with van der Waals surface area (Å²) in [4.78, 5) is 12.5. The quantitative estimate of drug-likeness (QED) is 0.794. The van der Waals surface area contributed by atoms with Crippen molar-refractivity contribution in [3.63, 3.8) is 0 Å². The van der Waals surface area contributed by atoms with E-state index >= 15 is 0 Å². The first-order valence-electron chi connectivity index (χ1n) is 6.44. The topological polar surface area (TPSA) is 43.1 Å². The first-order valence-corrected chi connectivity index (χ1v) is 6.44. The van der Waals surface area contributed by atoms with Gasteiger partial charge in [-0.05, 0) is 32.3 Å². The van der Waals surface area contributed by atoms with Gasteiger partial charge in [-0.2, -0.15) is 0 Å². The molecule has 0 atom stereocenters. The molecule has 1 aliphatic rings. The SMILES string of the molecule is Cc1ccc(C(=O)C2(N)CCCCC2)c(C)c1. The van der Waals surface area contributed by atoms with Gasteiger partial charge in [0, 0.05) is 5.56 Å². The van der Waals surface area contributed by atoms with E-state index in [1.54, 1.807) is 0 Å². The molecule has 2 rings (SSSR count). The lowest BCUT2D eigenvalue weighted by Gasteiger charge is -2.32. The summed E-state index contributed by atoms with van der Waals surface area (Å²) in [6, 6.07) is 5.97. The molecule has 2 nitrogen and oxygen atoms in total. The minimum Gasteiger partial charge on any atom is -0.319 e. The molecule has 0 radical (unpaired) electrons. The Hall–Kier alpha value is -1.15. The Morgan fingerprint density at radius 1 is 1.18 bits per heavy atom. The number of carbonyl (C=O) groups is 1. The van der Waals surface area contributed by atoms with Crippen molar-refractivity contribution in [1.82, 2.24) is 0 Å². The van der Waals surface area contributed by atoms with Gasteiger partial charge in [0.05, 0.1) is 5.54 Å². The fourth-order valence-corrected chi connectivity index (χ4v) is 2.75. The molecule has 2 heteroatoms. The van der Waals surface area contributed by atoms with Crippen LogP contribution in [0, 0.1) is 13.8 Å². The summed E-state index contributed by atoms with van der Waals surface area (Å²) in [5, 5.41) is 0. The predicted molar refractivity (Wildman–Crippen MR) is 70.2 cm³/mol. The van der Waals surface area contributed by atoms with Crippen LogP contribution in [-0.2, 0) is 0 Å². The monoisotopic (exact) mass is 231 g/mol. The molecule has 92 valence electrons. The lowest BCUT2D eigenvalue weighted by atomic mass is 9.76. The van der Waals surface area contributed by atoms with Gasteiger partial charge in [-0.1, -0.05) is 43.0 Å². The molecule has 0 heterocycles. The second-order valence-corrected chi connectivity index (χ2v) is 5.36. The zero-order valence-corrected chi connectivity index (χ0v) is 10.8. The molecule has 1 fully saturated rings. The zero-order chi connectivity index (χ0) is 12.5. The van der Waals surface area contributed by atoms with E-state index in [0.29, 0.717) is 0 Å². The van der Waals surface area contributed by atoms with Gasteiger partial charge in [0.25, 0.3) is 0 Å². The molecule has 0 bridgehead atoms. The van der Waals surface area contributed by atoms with Crippen molar-refractivity contribution in [2.24, 2.45) is 5.73 Å². The Balaban J connectivity index is 2.30. The molecule has 1 aromatic rings. The molecular formula is C15H21NO. The average molecular weight is 231 g/mol. The van der Waals surface area contributed by atoms with Gasteiger partial charge in [0.2, 0.25) is 0 Å². The fraction of sp³-hybridized carbons (Fsp3) is 0.533. The highest BCUT2D eigenvalue weighted by Crippen LogP contribution is 2.30. The van der Waals surface area contributed by atoms with Crippen LogP contribution in [0.2, 0.25) is 0 Å². The molecule has 2 N–H and O–H groups in total. The molecular weight excluding hydrogens is 210 g/mol. The van der Waals surface area contributed by atoms with Gasteiger partial charge in [0.15, 0.2) is 5.78 Å². The Bertz CT molecular complexity index is 431. The molecule has 0 amide bonds. The van der Waals surface area contributed by atoms with E-state index in [-0.39, 0.29) is 5.78 Å². The van der Waals surface area contributed by atoms with Crippen LogP contribution in [0.5, 0.6) is 0 Å². The van der Waals surface area contributed by atoms with Crippen LogP contribution in [0.25, 0.3) is 0 Å². The Morgan fingerprint density at radius 3 is 2.41 bits per heavy atom. The van der Waals surface area contributed by atoms with E-state index in [9.17, 15) is 4.79 Å². The molecule has 17 heavy (non-hydrogen) atoms. The van der Waals surface area contributed by atoms with Crippen molar-refractivity contribution in [3.05, 3.63) is 34.9 Å². The van der Waals surface area contributed by atoms with E-state index in [1.807, 2.05) is 26.0 Å². The Labute approximate surface area is 103 Å². The summed E-state index contributed by atoms with van der Waals surface area (Å²) in [5.41, 5.74) is 8.72. The van der Waals surface area contributed by atoms with Crippen LogP contribution in [0.3, 0.4) is 0 Å². The van der Waals surface area contributed by atoms with Gasteiger partial charge in [-0.3, -0.25) is 4.79 Å². The molecule has 1 saturated carbocycles. The van der Waals surface area contributed by atoms with Crippen LogP contribution in [0.15, 0.2) is 18.2 Å². The first kappa shape index (κ1) is 12.3. The van der Waals surface area contributed by atoms with Crippen LogP contribution < -0.4 is 5.73 Å². The normalized spacial score (nSPS) is 19.0. The number of hydrogen-bond acceptors (Lipinski definition) is 2. The van der Waals surface area contributed by atoms with Crippen LogP contribution in [-0.4, -0.2) is 11.3 Å². The number of nitrogens with two attached hydrogens (primary N) is 1. The smallest absolute Gasteiger partial charge is 0.182 e. The molecule has 1 aliphatic carbocycles. The number of hydrogen-bond donors (Lipinski definition) is 1. The van der Waals surface area contributed by atoms with Gasteiger partial charge < -0.3 is 5.73 Å². The molecule has 0 aromatic heterocycles. The molecule has 0 saturated heterocycles. The largest absolute Gasteiger partial charge is 0.319 e. The van der Waals surface area contributed by atoms with Crippen molar-refractivity contribution in [2.45, 2.75) is 51.5 Å². The van der Waals surface area contributed by atoms with E-state index < -0.39 is 5.54 Å². The standard InChI is InChI=1S/C15H21NO/c1-11-6-7-13(12(2)10-11)14(17)15(16)8-4-3-5-9-15/h6-7,10H,3-5,8-9,16H2,1-2H3. The highest BCUT2D eigenvalue weighted by molar-refractivity contribution is 6.04. The van der Waals surface area contributed by atoms with Crippen LogP contribution in [0.1, 0.15) is 53.6 Å². The summed E-state index contributed by atoms with van der Waals surface area (Å²) in [5.74, 6) is 0.134. The lowest BCUT2D eigenvalue weighted by molar-refractivity contribution is 0.0847. The van der Waals surface area contributed by atoms with Crippen molar-refractivity contribution in [1.29, 1.82) is 0 Å². The van der Waals surface area contributed by atoms with Gasteiger partial charge >= 0.3 is 0 Å². The molecule has 0 aliphatic heterocycles. The number of Topliss-reactive ketones (excluding diaryl/α,β-unsaturated/α-hetero) is 1. The van der Waals surface area contributed by atoms with Gasteiger partial charge in [-0.15, -0.1) is 0 Å². The maximum absolute atomic E-state index is 12.5. The summed E-state index contributed by atoms with van der Waals surface area (Å²) in [6.45, 7) is 4.03. The van der Waals surface area contributed by atoms with E-state index in [1.165, 1.54) is 12.0 Å². The fourth-order valence-electron chi connectivity index (χ4n) is 2.75. The zero-order valence-electron chi connectivity index (χ0n) is 10.8. The third kappa shape index (κ3) is 2.42. The van der Waals surface area contributed by atoms with Gasteiger partial charge in [-0.25, -0.2) is 0 Å².